The van der Waals surface area contributed by atoms with Crippen LogP contribution in [-0.2, 0) is 5.54 Å². The summed E-state index contributed by atoms with van der Waals surface area (Å²) < 4.78 is 28.2. The molecule has 3 heterocycles. The van der Waals surface area contributed by atoms with Crippen molar-refractivity contribution >= 4 is 23.2 Å². The monoisotopic (exact) mass is 402 g/mol. The Labute approximate surface area is 163 Å². The standard InChI is InChI=1S/C18H16F2N6OS/c1-26(18(5-11(19)6-18)14-12(20)3-2-4-22-14)17-24-7-10(8-25-17)16-23-9-13(28-16)15(21)27/h2-4,7-9,11H,5-6H2,1H3,(H2,21,27)/t11-,18-. The van der Waals surface area contributed by atoms with Gasteiger partial charge in [-0.15, -0.1) is 11.3 Å². The third-order valence-corrected chi connectivity index (χ3v) is 5.95. The molecular formula is C18H16F2N6OS. The van der Waals surface area contributed by atoms with Crippen LogP contribution in [-0.4, -0.2) is 39.1 Å². The number of hydrogen-bond donors (Lipinski definition) is 1. The van der Waals surface area contributed by atoms with Crippen molar-refractivity contribution < 1.29 is 13.6 Å². The number of carbonyl (C=O) groups is 1. The average Bonchev–Trinajstić information content (AvgIpc) is 3.16. The first kappa shape index (κ1) is 18.4. The zero-order chi connectivity index (χ0) is 19.9. The van der Waals surface area contributed by atoms with E-state index in [2.05, 4.69) is 19.9 Å². The minimum atomic E-state index is -1.04. The maximum Gasteiger partial charge on any atom is 0.260 e. The van der Waals surface area contributed by atoms with Gasteiger partial charge in [0.1, 0.15) is 27.6 Å². The van der Waals surface area contributed by atoms with Gasteiger partial charge in [0.2, 0.25) is 5.95 Å². The van der Waals surface area contributed by atoms with E-state index in [4.69, 9.17) is 5.73 Å². The molecule has 4 rings (SSSR count). The predicted molar refractivity (Wildman–Crippen MR) is 100 cm³/mol. The Kier molecular flexibility index (Phi) is 4.50. The maximum absolute atomic E-state index is 14.4. The molecule has 28 heavy (non-hydrogen) atoms. The highest BCUT2D eigenvalue weighted by molar-refractivity contribution is 7.16. The molecule has 1 amide bonds. The van der Waals surface area contributed by atoms with Gasteiger partial charge in [0.05, 0.1) is 11.7 Å². The van der Waals surface area contributed by atoms with Crippen molar-refractivity contribution in [2.45, 2.75) is 24.6 Å². The van der Waals surface area contributed by atoms with Gasteiger partial charge in [0.25, 0.3) is 5.91 Å². The summed E-state index contributed by atoms with van der Waals surface area (Å²) in [6.45, 7) is 0. The summed E-state index contributed by atoms with van der Waals surface area (Å²) in [4.78, 5) is 30.2. The van der Waals surface area contributed by atoms with Crippen LogP contribution in [0.15, 0.2) is 36.9 Å². The van der Waals surface area contributed by atoms with Crippen LogP contribution in [0.4, 0.5) is 14.7 Å². The predicted octanol–water partition coefficient (Wildman–Crippen LogP) is 2.70. The maximum atomic E-state index is 14.4. The van der Waals surface area contributed by atoms with Crippen molar-refractivity contribution in [3.05, 3.63) is 53.3 Å². The van der Waals surface area contributed by atoms with Gasteiger partial charge < -0.3 is 10.6 Å². The molecule has 1 saturated carbocycles. The molecule has 3 aromatic rings. The number of hydrogen-bond acceptors (Lipinski definition) is 7. The lowest BCUT2D eigenvalue weighted by molar-refractivity contribution is 0.0860. The highest BCUT2D eigenvalue weighted by atomic mass is 32.1. The first-order valence-electron chi connectivity index (χ1n) is 8.47. The number of carbonyl (C=O) groups excluding carboxylic acids is 1. The molecule has 3 aromatic heterocycles. The molecule has 0 aliphatic heterocycles. The summed E-state index contributed by atoms with van der Waals surface area (Å²) >= 11 is 1.14. The van der Waals surface area contributed by atoms with Crippen LogP contribution in [0.25, 0.3) is 10.6 Å². The fourth-order valence-corrected chi connectivity index (χ4v) is 4.09. The van der Waals surface area contributed by atoms with Gasteiger partial charge in [-0.25, -0.2) is 23.7 Å². The quantitative estimate of drug-likeness (QED) is 0.705. The van der Waals surface area contributed by atoms with Crippen molar-refractivity contribution in [2.75, 3.05) is 11.9 Å². The van der Waals surface area contributed by atoms with Crippen LogP contribution in [0.1, 0.15) is 28.2 Å². The largest absolute Gasteiger partial charge is 0.365 e. The van der Waals surface area contributed by atoms with E-state index >= 15 is 0 Å². The van der Waals surface area contributed by atoms with Crippen LogP contribution in [0.2, 0.25) is 0 Å². The zero-order valence-electron chi connectivity index (χ0n) is 14.8. The van der Waals surface area contributed by atoms with Crippen LogP contribution in [0.3, 0.4) is 0 Å². The minimum Gasteiger partial charge on any atom is -0.365 e. The molecule has 0 unspecified atom stereocenters. The van der Waals surface area contributed by atoms with E-state index in [1.54, 1.807) is 24.3 Å². The molecule has 0 aromatic carbocycles. The van der Waals surface area contributed by atoms with Gasteiger partial charge in [-0.3, -0.25) is 9.78 Å². The molecule has 1 fully saturated rings. The molecule has 1 aliphatic rings. The van der Waals surface area contributed by atoms with E-state index < -0.39 is 23.4 Å². The van der Waals surface area contributed by atoms with Gasteiger partial charge in [0, 0.05) is 44.0 Å². The summed E-state index contributed by atoms with van der Waals surface area (Å²) in [5, 5.41) is 0.556. The van der Waals surface area contributed by atoms with Crippen molar-refractivity contribution in [3.8, 4) is 10.6 Å². The van der Waals surface area contributed by atoms with Crippen LogP contribution < -0.4 is 10.6 Å². The molecule has 1 aliphatic carbocycles. The normalized spacial score (nSPS) is 21.2. The highest BCUT2D eigenvalue weighted by Crippen LogP contribution is 2.48. The fraction of sp³-hybridized carbons (Fsp3) is 0.278. The van der Waals surface area contributed by atoms with Gasteiger partial charge in [0.15, 0.2) is 0 Å². The average molecular weight is 402 g/mol. The lowest BCUT2D eigenvalue weighted by atomic mass is 9.71. The van der Waals surface area contributed by atoms with Gasteiger partial charge in [-0.2, -0.15) is 0 Å². The lowest BCUT2D eigenvalue weighted by Crippen LogP contribution is -2.56. The molecule has 0 radical (unpaired) electrons. The Balaban J connectivity index is 1.64. The summed E-state index contributed by atoms with van der Waals surface area (Å²) in [5.41, 5.74) is 5.11. The van der Waals surface area contributed by atoms with Crippen LogP contribution in [0.5, 0.6) is 0 Å². The minimum absolute atomic E-state index is 0.108. The van der Waals surface area contributed by atoms with Crippen LogP contribution >= 0.6 is 11.3 Å². The van der Waals surface area contributed by atoms with Gasteiger partial charge >= 0.3 is 0 Å². The number of anilines is 1. The van der Waals surface area contributed by atoms with Crippen molar-refractivity contribution in [3.63, 3.8) is 0 Å². The number of primary amides is 1. The molecule has 7 nitrogen and oxygen atoms in total. The fourth-order valence-electron chi connectivity index (χ4n) is 3.35. The van der Waals surface area contributed by atoms with Gasteiger partial charge in [-0.1, -0.05) is 0 Å². The summed E-state index contributed by atoms with van der Waals surface area (Å²) in [6.07, 6.45) is 5.17. The number of aromatic nitrogens is 4. The topological polar surface area (TPSA) is 97.9 Å². The number of rotatable bonds is 5. The number of alkyl halides is 1. The van der Waals surface area contributed by atoms with E-state index in [0.29, 0.717) is 21.4 Å². The molecular weight excluding hydrogens is 386 g/mol. The summed E-state index contributed by atoms with van der Waals surface area (Å²) in [6, 6.07) is 2.81. The molecule has 10 heteroatoms. The second kappa shape index (κ2) is 6.86. The number of amides is 1. The van der Waals surface area contributed by atoms with E-state index in [1.165, 1.54) is 24.5 Å². The molecule has 0 spiro atoms. The summed E-state index contributed by atoms with van der Waals surface area (Å²) in [7, 11) is 1.70. The second-order valence-electron chi connectivity index (χ2n) is 6.60. The first-order chi connectivity index (χ1) is 13.4. The number of halogens is 2. The second-order valence-corrected chi connectivity index (χ2v) is 7.63. The third kappa shape index (κ3) is 2.99. The van der Waals surface area contributed by atoms with Gasteiger partial charge in [-0.05, 0) is 12.1 Å². The third-order valence-electron chi connectivity index (χ3n) is 4.89. The summed E-state index contributed by atoms with van der Waals surface area (Å²) in [5.74, 6) is -0.724. The molecule has 0 bridgehead atoms. The first-order valence-corrected chi connectivity index (χ1v) is 9.29. The molecule has 144 valence electrons. The Morgan fingerprint density at radius 1 is 1.25 bits per heavy atom. The van der Waals surface area contributed by atoms with Crippen molar-refractivity contribution in [2.24, 2.45) is 5.73 Å². The van der Waals surface area contributed by atoms with Crippen molar-refractivity contribution in [1.29, 1.82) is 0 Å². The smallest absolute Gasteiger partial charge is 0.260 e. The highest BCUT2D eigenvalue weighted by Gasteiger charge is 2.52. The Bertz CT molecular complexity index is 1020. The zero-order valence-corrected chi connectivity index (χ0v) is 15.7. The van der Waals surface area contributed by atoms with E-state index in [0.717, 1.165) is 11.3 Å². The Morgan fingerprint density at radius 3 is 2.54 bits per heavy atom. The number of pyridine rings is 1. The number of thiazole rings is 1. The van der Waals surface area contributed by atoms with Crippen LogP contribution in [0, 0.1) is 5.82 Å². The Morgan fingerprint density at radius 2 is 1.96 bits per heavy atom. The van der Waals surface area contributed by atoms with Crippen molar-refractivity contribution in [1.82, 2.24) is 19.9 Å². The number of nitrogens with zero attached hydrogens (tertiary/aromatic N) is 5. The number of nitrogens with two attached hydrogens (primary N) is 1. The molecule has 0 saturated heterocycles. The Hall–Kier alpha value is -3.01. The molecule has 2 N–H and O–H groups in total. The van der Waals surface area contributed by atoms with E-state index in [1.807, 2.05) is 0 Å². The SMILES string of the molecule is CN(c1ncc(-c2ncc(C(N)=O)s2)cn1)[C@]1(c2ncccc2F)C[C@@H](F)C1. The van der Waals surface area contributed by atoms with E-state index in [9.17, 15) is 13.6 Å². The molecule has 0 atom stereocenters. The van der Waals surface area contributed by atoms with E-state index in [-0.39, 0.29) is 18.5 Å². The lowest BCUT2D eigenvalue weighted by Gasteiger charge is -2.49.